The van der Waals surface area contributed by atoms with E-state index in [2.05, 4.69) is 31.9 Å². The molecule has 5 rings (SSSR count). The number of hydrogen-bond acceptors (Lipinski definition) is 5. The second-order valence-corrected chi connectivity index (χ2v) is 9.76. The molecule has 1 unspecified atom stereocenters. The molecule has 1 aliphatic rings. The topological polar surface area (TPSA) is 80.0 Å². The molecule has 1 N–H and O–H groups in total. The van der Waals surface area contributed by atoms with E-state index in [0.717, 1.165) is 17.0 Å². The van der Waals surface area contributed by atoms with Gasteiger partial charge in [-0.1, -0.05) is 22.0 Å². The van der Waals surface area contributed by atoms with E-state index in [-0.39, 0.29) is 44.0 Å². The van der Waals surface area contributed by atoms with Gasteiger partial charge in [0.1, 0.15) is 5.58 Å². The lowest BCUT2D eigenvalue weighted by Gasteiger charge is -2.26. The number of phenols is 1. The van der Waals surface area contributed by atoms with Crippen molar-refractivity contribution in [3.8, 4) is 11.5 Å². The van der Waals surface area contributed by atoms with Crippen LogP contribution in [0.15, 0.2) is 72.8 Å². The number of carbonyl (C=O) groups is 1. The minimum absolute atomic E-state index is 0.0391. The molecule has 0 saturated heterocycles. The third kappa shape index (κ3) is 3.86. The van der Waals surface area contributed by atoms with Crippen molar-refractivity contribution < 1.29 is 32.2 Å². The molecule has 1 amide bonds. The Hall–Kier alpha value is -3.31. The predicted octanol–water partition coefficient (Wildman–Crippen LogP) is 6.80. The second-order valence-electron chi connectivity index (χ2n) is 7.99. The van der Waals surface area contributed by atoms with Gasteiger partial charge in [0, 0.05) is 10.2 Å². The molecular formula is C25H14Br2F3NO5. The first-order valence-electron chi connectivity index (χ1n) is 10.3. The molecule has 6 nitrogen and oxygen atoms in total. The van der Waals surface area contributed by atoms with E-state index in [4.69, 9.17) is 9.15 Å². The summed E-state index contributed by atoms with van der Waals surface area (Å²) in [6.45, 7) is 0. The summed E-state index contributed by atoms with van der Waals surface area (Å²) in [5.74, 6) is -1.23. The van der Waals surface area contributed by atoms with Gasteiger partial charge in [0.05, 0.1) is 34.1 Å². The molecular weight excluding hydrogens is 611 g/mol. The number of anilines is 1. The van der Waals surface area contributed by atoms with E-state index >= 15 is 0 Å². The van der Waals surface area contributed by atoms with Gasteiger partial charge in [-0.15, -0.1) is 0 Å². The number of aromatic hydroxyl groups is 1. The molecule has 0 bridgehead atoms. The summed E-state index contributed by atoms with van der Waals surface area (Å²) >= 11 is 6.55. The molecule has 11 heteroatoms. The van der Waals surface area contributed by atoms with Crippen LogP contribution < -0.4 is 15.1 Å². The summed E-state index contributed by atoms with van der Waals surface area (Å²) in [5.41, 5.74) is -1.13. The van der Waals surface area contributed by atoms with Crippen molar-refractivity contribution in [1.29, 1.82) is 0 Å². The lowest BCUT2D eigenvalue weighted by Crippen LogP contribution is -2.29. The highest BCUT2D eigenvalue weighted by Gasteiger charge is 2.44. The van der Waals surface area contributed by atoms with Gasteiger partial charge in [0.25, 0.3) is 5.91 Å². The largest absolute Gasteiger partial charge is 0.503 e. The zero-order chi connectivity index (χ0) is 25.9. The number of phenolic OH excluding ortho intramolecular Hbond substituents is 1. The van der Waals surface area contributed by atoms with E-state index in [9.17, 15) is 27.9 Å². The van der Waals surface area contributed by atoms with Gasteiger partial charge in [0.15, 0.2) is 16.9 Å². The fourth-order valence-electron chi connectivity index (χ4n) is 4.27. The minimum Gasteiger partial charge on any atom is -0.503 e. The van der Waals surface area contributed by atoms with Crippen molar-refractivity contribution in [2.24, 2.45) is 0 Å². The Morgan fingerprint density at radius 3 is 2.50 bits per heavy atom. The van der Waals surface area contributed by atoms with E-state index in [0.29, 0.717) is 10.0 Å². The third-order valence-electron chi connectivity index (χ3n) is 5.87. The third-order valence-corrected chi connectivity index (χ3v) is 6.97. The van der Waals surface area contributed by atoms with E-state index in [1.54, 1.807) is 12.1 Å². The van der Waals surface area contributed by atoms with Crippen LogP contribution in [-0.2, 0) is 6.18 Å². The average Bonchev–Trinajstić information content (AvgIpc) is 3.13. The maximum Gasteiger partial charge on any atom is 0.416 e. The van der Waals surface area contributed by atoms with Gasteiger partial charge in [-0.3, -0.25) is 14.5 Å². The fraction of sp³-hybridized carbons (Fsp3) is 0.120. The Morgan fingerprint density at radius 1 is 1.06 bits per heavy atom. The van der Waals surface area contributed by atoms with Gasteiger partial charge in [-0.25, -0.2) is 0 Å². The van der Waals surface area contributed by atoms with Crippen LogP contribution in [0.2, 0.25) is 0 Å². The summed E-state index contributed by atoms with van der Waals surface area (Å²) in [6, 6.07) is 10.7. The monoisotopic (exact) mass is 623 g/mol. The van der Waals surface area contributed by atoms with Crippen molar-refractivity contribution >= 4 is 54.4 Å². The smallest absolute Gasteiger partial charge is 0.416 e. The van der Waals surface area contributed by atoms with E-state index in [1.807, 2.05) is 0 Å². The van der Waals surface area contributed by atoms with Crippen molar-refractivity contribution in [3.05, 3.63) is 96.2 Å². The molecule has 0 spiro atoms. The van der Waals surface area contributed by atoms with Crippen molar-refractivity contribution in [1.82, 2.24) is 0 Å². The lowest BCUT2D eigenvalue weighted by atomic mass is 9.97. The average molecular weight is 625 g/mol. The number of halogens is 5. The number of hydrogen-bond donors (Lipinski definition) is 1. The normalized spacial score (nSPS) is 15.4. The zero-order valence-electron chi connectivity index (χ0n) is 18.2. The predicted molar refractivity (Wildman–Crippen MR) is 133 cm³/mol. The molecule has 0 radical (unpaired) electrons. The summed E-state index contributed by atoms with van der Waals surface area (Å²) in [6.07, 6.45) is -4.65. The van der Waals surface area contributed by atoms with Crippen LogP contribution >= 0.6 is 31.9 Å². The first kappa shape index (κ1) is 24.4. The van der Waals surface area contributed by atoms with Crippen molar-refractivity contribution in [2.45, 2.75) is 12.2 Å². The van der Waals surface area contributed by atoms with Gasteiger partial charge in [-0.2, -0.15) is 13.2 Å². The van der Waals surface area contributed by atoms with Gasteiger partial charge < -0.3 is 14.3 Å². The number of nitrogens with zero attached hydrogens (tertiary/aromatic N) is 1. The number of alkyl halides is 3. The van der Waals surface area contributed by atoms with Crippen LogP contribution in [0.3, 0.4) is 0 Å². The van der Waals surface area contributed by atoms with E-state index in [1.165, 1.54) is 37.4 Å². The van der Waals surface area contributed by atoms with Gasteiger partial charge >= 0.3 is 6.18 Å². The quantitative estimate of drug-likeness (QED) is 0.271. The highest BCUT2D eigenvalue weighted by Crippen LogP contribution is 2.46. The second kappa shape index (κ2) is 8.67. The number of ether oxygens (including phenoxy) is 1. The molecule has 3 aromatic carbocycles. The van der Waals surface area contributed by atoms with Crippen LogP contribution in [0.5, 0.6) is 11.5 Å². The van der Waals surface area contributed by atoms with Gasteiger partial charge in [0.2, 0.25) is 5.76 Å². The molecule has 184 valence electrons. The highest BCUT2D eigenvalue weighted by molar-refractivity contribution is 9.10. The number of fused-ring (bicyclic) bond motifs is 2. The Balaban J connectivity index is 1.83. The summed E-state index contributed by atoms with van der Waals surface area (Å²) in [5, 5.41) is 10.5. The minimum atomic E-state index is -4.65. The molecule has 0 aliphatic carbocycles. The molecule has 0 fully saturated rings. The number of amides is 1. The van der Waals surface area contributed by atoms with Gasteiger partial charge in [-0.05, 0) is 70.0 Å². The number of methoxy groups -OCH3 is 1. The first-order valence-corrected chi connectivity index (χ1v) is 11.9. The number of rotatable bonds is 3. The zero-order valence-corrected chi connectivity index (χ0v) is 21.4. The Labute approximate surface area is 218 Å². The molecule has 1 aliphatic heterocycles. The van der Waals surface area contributed by atoms with Crippen molar-refractivity contribution in [2.75, 3.05) is 12.0 Å². The molecule has 1 atom stereocenters. The highest BCUT2D eigenvalue weighted by atomic mass is 79.9. The van der Waals surface area contributed by atoms with Crippen molar-refractivity contribution in [3.63, 3.8) is 0 Å². The molecule has 2 heterocycles. The molecule has 36 heavy (non-hydrogen) atoms. The number of benzene rings is 3. The number of carbonyl (C=O) groups excluding carboxylic acids is 1. The Kier molecular flexibility index (Phi) is 5.87. The summed E-state index contributed by atoms with van der Waals surface area (Å²) in [4.78, 5) is 28.4. The fourth-order valence-corrected chi connectivity index (χ4v) is 5.09. The Morgan fingerprint density at radius 2 is 1.81 bits per heavy atom. The lowest BCUT2D eigenvalue weighted by molar-refractivity contribution is -0.137. The summed E-state index contributed by atoms with van der Waals surface area (Å²) in [7, 11) is 1.32. The van der Waals surface area contributed by atoms with Crippen LogP contribution in [-0.4, -0.2) is 18.1 Å². The SMILES string of the molecule is COc1cc(C2c3c(oc4ccc(Br)cc4c3=O)C(=O)N2c2cccc(C(F)(F)F)c2)cc(Br)c1O. The maximum atomic E-state index is 13.7. The maximum absolute atomic E-state index is 13.7. The van der Waals surface area contributed by atoms with Crippen LogP contribution in [0.1, 0.15) is 33.3 Å². The molecule has 0 saturated carbocycles. The molecule has 1 aromatic heterocycles. The van der Waals surface area contributed by atoms with E-state index < -0.39 is 29.1 Å². The van der Waals surface area contributed by atoms with Crippen LogP contribution in [0.4, 0.5) is 18.9 Å². The summed E-state index contributed by atoms with van der Waals surface area (Å²) < 4.78 is 52.4. The van der Waals surface area contributed by atoms with Crippen LogP contribution in [0.25, 0.3) is 11.0 Å². The standard InChI is InChI=1S/C25H14Br2F3NO5/c1-35-18-8-11(7-16(27)22(18)33)20-19-21(32)15-10-13(26)5-6-17(15)36-23(19)24(34)31(20)14-4-2-3-12(9-14)25(28,29)30/h2-10,20,33H,1H3. The Bertz CT molecular complexity index is 1620. The molecule has 4 aromatic rings. The first-order chi connectivity index (χ1) is 17.0. The van der Waals surface area contributed by atoms with Crippen LogP contribution in [0, 0.1) is 0 Å².